The van der Waals surface area contributed by atoms with Crippen molar-refractivity contribution in [2.24, 2.45) is 4.99 Å². The van der Waals surface area contributed by atoms with Gasteiger partial charge in [-0.3, -0.25) is 4.99 Å². The molecule has 0 fully saturated rings. The lowest BCUT2D eigenvalue weighted by Gasteiger charge is -2.11. The van der Waals surface area contributed by atoms with Gasteiger partial charge in [-0.25, -0.2) is 0 Å². The van der Waals surface area contributed by atoms with E-state index in [0.717, 1.165) is 33.3 Å². The molecule has 0 aliphatic carbocycles. The van der Waals surface area contributed by atoms with Gasteiger partial charge in [0.15, 0.2) is 0 Å². The van der Waals surface area contributed by atoms with Gasteiger partial charge in [0.05, 0.1) is 6.54 Å². The Morgan fingerprint density at radius 2 is 1.70 bits per heavy atom. The first-order chi connectivity index (χ1) is 13.2. The highest BCUT2D eigenvalue weighted by Gasteiger charge is 2.04. The van der Waals surface area contributed by atoms with Crippen LogP contribution in [0.3, 0.4) is 0 Å². The molecule has 0 aromatic heterocycles. The molecule has 0 aliphatic rings. The molecule has 0 heterocycles. The smallest absolute Gasteiger partial charge is 0.123 e. The topological polar surface area (TPSA) is 21.6 Å². The van der Waals surface area contributed by atoms with Crippen molar-refractivity contribution in [3.63, 3.8) is 0 Å². The Morgan fingerprint density at radius 3 is 2.44 bits per heavy atom. The van der Waals surface area contributed by atoms with Crippen molar-refractivity contribution < 1.29 is 4.74 Å². The van der Waals surface area contributed by atoms with E-state index in [9.17, 15) is 0 Å². The molecule has 136 valence electrons. The zero-order valence-electron chi connectivity index (χ0n) is 15.1. The van der Waals surface area contributed by atoms with Crippen molar-refractivity contribution in [2.45, 2.75) is 19.6 Å². The summed E-state index contributed by atoms with van der Waals surface area (Å²) in [6.07, 6.45) is 4.57. The Labute approximate surface area is 169 Å². The lowest BCUT2D eigenvalue weighted by atomic mass is 10.1. The Bertz CT molecular complexity index is 901. The van der Waals surface area contributed by atoms with Crippen LogP contribution in [-0.2, 0) is 19.6 Å². The summed E-state index contributed by atoms with van der Waals surface area (Å²) in [5, 5.41) is 0. The maximum Gasteiger partial charge on any atom is 0.123 e. The van der Waals surface area contributed by atoms with Gasteiger partial charge in [0.1, 0.15) is 12.4 Å². The second-order valence-corrected chi connectivity index (χ2v) is 7.15. The third-order valence-corrected chi connectivity index (χ3v) is 4.64. The van der Waals surface area contributed by atoms with Crippen LogP contribution in [0.1, 0.15) is 22.3 Å². The second kappa shape index (κ2) is 9.89. The highest BCUT2D eigenvalue weighted by atomic mass is 79.9. The summed E-state index contributed by atoms with van der Waals surface area (Å²) in [5.41, 5.74) is 4.52. The summed E-state index contributed by atoms with van der Waals surface area (Å²) in [6.45, 7) is 5.08. The van der Waals surface area contributed by atoms with Gasteiger partial charge in [-0.05, 0) is 59.0 Å². The van der Waals surface area contributed by atoms with E-state index >= 15 is 0 Å². The third-order valence-electron chi connectivity index (χ3n) is 4.11. The van der Waals surface area contributed by atoms with Crippen molar-refractivity contribution in [1.29, 1.82) is 0 Å². The molecule has 3 aromatic rings. The quantitative estimate of drug-likeness (QED) is 0.306. The van der Waals surface area contributed by atoms with E-state index in [1.165, 1.54) is 5.56 Å². The van der Waals surface area contributed by atoms with Crippen molar-refractivity contribution in [2.75, 3.05) is 0 Å². The molecule has 0 saturated carbocycles. The lowest BCUT2D eigenvalue weighted by Crippen LogP contribution is -1.99. The van der Waals surface area contributed by atoms with Crippen molar-refractivity contribution in [3.05, 3.63) is 112 Å². The van der Waals surface area contributed by atoms with Crippen LogP contribution in [0, 0.1) is 0 Å². The molecule has 0 atom stereocenters. The minimum absolute atomic E-state index is 0.541. The molecule has 0 radical (unpaired) electrons. The molecule has 3 heteroatoms. The number of hydrogen-bond acceptors (Lipinski definition) is 2. The van der Waals surface area contributed by atoms with E-state index in [-0.39, 0.29) is 0 Å². The zero-order valence-corrected chi connectivity index (χ0v) is 16.7. The first-order valence-electron chi connectivity index (χ1n) is 8.89. The number of nitrogens with zero attached hydrogens (tertiary/aromatic N) is 1. The molecule has 0 N–H and O–H groups in total. The number of benzene rings is 3. The van der Waals surface area contributed by atoms with Gasteiger partial charge in [-0.1, -0.05) is 64.5 Å². The number of rotatable bonds is 8. The SMILES string of the molecule is C=CCc1cc(C=NCc2ccccc2)ccc1OCc1ccc(Br)cc1. The summed E-state index contributed by atoms with van der Waals surface area (Å²) in [4.78, 5) is 4.55. The van der Waals surface area contributed by atoms with Gasteiger partial charge in [0, 0.05) is 10.7 Å². The van der Waals surface area contributed by atoms with Crippen LogP contribution < -0.4 is 4.74 Å². The van der Waals surface area contributed by atoms with Crippen LogP contribution in [-0.4, -0.2) is 6.21 Å². The molecule has 3 aromatic carbocycles. The highest BCUT2D eigenvalue weighted by Crippen LogP contribution is 2.22. The summed E-state index contributed by atoms with van der Waals surface area (Å²) >= 11 is 3.45. The summed E-state index contributed by atoms with van der Waals surface area (Å²) < 4.78 is 7.10. The maximum absolute atomic E-state index is 6.04. The third kappa shape index (κ3) is 5.93. The van der Waals surface area contributed by atoms with Crippen LogP contribution in [0.4, 0.5) is 0 Å². The fraction of sp³-hybridized carbons (Fsp3) is 0.125. The van der Waals surface area contributed by atoms with Gasteiger partial charge in [0.2, 0.25) is 0 Å². The average molecular weight is 420 g/mol. The van der Waals surface area contributed by atoms with E-state index in [2.05, 4.69) is 57.8 Å². The number of ether oxygens (including phenoxy) is 1. The first-order valence-corrected chi connectivity index (χ1v) is 9.69. The lowest BCUT2D eigenvalue weighted by molar-refractivity contribution is 0.303. The molecule has 0 bridgehead atoms. The molecule has 27 heavy (non-hydrogen) atoms. The van der Waals surface area contributed by atoms with Crippen LogP contribution in [0.25, 0.3) is 0 Å². The molecule has 2 nitrogen and oxygen atoms in total. The van der Waals surface area contributed by atoms with E-state index in [1.54, 1.807) is 0 Å². The Balaban J connectivity index is 1.68. The van der Waals surface area contributed by atoms with Crippen LogP contribution in [0.2, 0.25) is 0 Å². The Hall–Kier alpha value is -2.65. The predicted molar refractivity (Wildman–Crippen MR) is 117 cm³/mol. The molecule has 0 aliphatic heterocycles. The Morgan fingerprint density at radius 1 is 0.926 bits per heavy atom. The van der Waals surface area contributed by atoms with E-state index < -0.39 is 0 Å². The standard InChI is InChI=1S/C24H22BrNO/c1-2-6-22-15-21(17-26-16-19-7-4-3-5-8-19)11-14-24(22)27-18-20-9-12-23(25)13-10-20/h2-5,7-15,17H,1,6,16,18H2. The molecule has 0 amide bonds. The van der Waals surface area contributed by atoms with Crippen LogP contribution in [0.15, 0.2) is 94.9 Å². The largest absolute Gasteiger partial charge is 0.489 e. The molecule has 3 rings (SSSR count). The Kier molecular flexibility index (Phi) is 7.00. The number of aliphatic imine (C=N–C) groups is 1. The van der Waals surface area contributed by atoms with E-state index in [4.69, 9.17) is 4.74 Å². The predicted octanol–water partition coefficient (Wildman–Crippen LogP) is 6.38. The minimum atomic E-state index is 0.541. The molecule has 0 spiro atoms. The summed E-state index contributed by atoms with van der Waals surface area (Å²) in [5.74, 6) is 0.887. The summed E-state index contributed by atoms with van der Waals surface area (Å²) in [7, 11) is 0. The van der Waals surface area contributed by atoms with E-state index in [1.807, 2.05) is 54.8 Å². The highest BCUT2D eigenvalue weighted by molar-refractivity contribution is 9.10. The molecule has 0 saturated heterocycles. The number of allylic oxidation sites excluding steroid dienone is 1. The second-order valence-electron chi connectivity index (χ2n) is 6.23. The van der Waals surface area contributed by atoms with Gasteiger partial charge < -0.3 is 4.74 Å². The summed E-state index contributed by atoms with van der Waals surface area (Å²) in [6, 6.07) is 24.6. The van der Waals surface area contributed by atoms with Crippen molar-refractivity contribution in [1.82, 2.24) is 0 Å². The number of hydrogen-bond donors (Lipinski definition) is 0. The van der Waals surface area contributed by atoms with Gasteiger partial charge >= 0.3 is 0 Å². The fourth-order valence-corrected chi connectivity index (χ4v) is 2.98. The van der Waals surface area contributed by atoms with Gasteiger partial charge in [-0.15, -0.1) is 6.58 Å². The molecular formula is C24H22BrNO. The zero-order chi connectivity index (χ0) is 18.9. The monoisotopic (exact) mass is 419 g/mol. The van der Waals surface area contributed by atoms with Crippen LogP contribution in [0.5, 0.6) is 5.75 Å². The van der Waals surface area contributed by atoms with Crippen molar-refractivity contribution in [3.8, 4) is 5.75 Å². The van der Waals surface area contributed by atoms with Crippen molar-refractivity contribution >= 4 is 22.1 Å². The number of halogens is 1. The minimum Gasteiger partial charge on any atom is -0.489 e. The first kappa shape index (κ1) is 19.1. The van der Waals surface area contributed by atoms with E-state index in [0.29, 0.717) is 13.2 Å². The normalized spacial score (nSPS) is 10.9. The molecular weight excluding hydrogens is 398 g/mol. The fourth-order valence-electron chi connectivity index (χ4n) is 2.72. The average Bonchev–Trinajstić information content (AvgIpc) is 2.70. The van der Waals surface area contributed by atoms with Gasteiger partial charge in [0.25, 0.3) is 0 Å². The maximum atomic E-state index is 6.04. The van der Waals surface area contributed by atoms with Crippen LogP contribution >= 0.6 is 15.9 Å². The molecule has 0 unspecified atom stereocenters. The van der Waals surface area contributed by atoms with Gasteiger partial charge in [-0.2, -0.15) is 0 Å².